The van der Waals surface area contributed by atoms with Crippen LogP contribution in [0.4, 0.5) is 19.3 Å². The summed E-state index contributed by atoms with van der Waals surface area (Å²) >= 11 is 0. The Hall–Kier alpha value is -2.12. The lowest BCUT2D eigenvalue weighted by molar-refractivity contribution is -0.0260. The fourth-order valence-corrected chi connectivity index (χ4v) is 2.25. The van der Waals surface area contributed by atoms with Crippen LogP contribution in [-0.2, 0) is 4.74 Å². The minimum Gasteiger partial charge on any atom is -0.444 e. The number of aromatic nitrogens is 1. The van der Waals surface area contributed by atoms with Gasteiger partial charge in [-0.25, -0.2) is 18.3 Å². The molecule has 1 saturated heterocycles. The fourth-order valence-electron chi connectivity index (χ4n) is 2.25. The number of alkyl halides is 2. The first-order chi connectivity index (χ1) is 10.6. The predicted octanol–water partition coefficient (Wildman–Crippen LogP) is 2.56. The molecule has 1 amide bonds. The third kappa shape index (κ3) is 4.67. The Balaban J connectivity index is 2.13. The second kappa shape index (κ2) is 6.17. The van der Waals surface area contributed by atoms with Gasteiger partial charge in [-0.2, -0.15) is 0 Å². The molecule has 1 aromatic rings. The SMILES string of the molecule is CC(C)(C)OC(=O)Nc1cccn(N2CCC(F)(F)CC2)c1=O. The highest BCUT2D eigenvalue weighted by molar-refractivity contribution is 5.84. The molecule has 1 N–H and O–H groups in total. The maximum Gasteiger partial charge on any atom is 0.412 e. The van der Waals surface area contributed by atoms with Gasteiger partial charge >= 0.3 is 6.09 Å². The van der Waals surface area contributed by atoms with Gasteiger partial charge in [0.2, 0.25) is 0 Å². The van der Waals surface area contributed by atoms with Crippen molar-refractivity contribution < 1.29 is 18.3 Å². The van der Waals surface area contributed by atoms with Gasteiger partial charge in [0.05, 0.1) is 0 Å². The first-order valence-corrected chi connectivity index (χ1v) is 7.42. The summed E-state index contributed by atoms with van der Waals surface area (Å²) in [6.45, 7) is 5.28. The monoisotopic (exact) mass is 329 g/mol. The molecule has 0 aromatic carbocycles. The molecule has 1 aromatic heterocycles. The molecule has 0 aliphatic carbocycles. The van der Waals surface area contributed by atoms with E-state index in [0.29, 0.717) is 0 Å². The van der Waals surface area contributed by atoms with E-state index in [-0.39, 0.29) is 31.6 Å². The first kappa shape index (κ1) is 17.2. The summed E-state index contributed by atoms with van der Waals surface area (Å²) in [7, 11) is 0. The van der Waals surface area contributed by atoms with Crippen LogP contribution in [0.2, 0.25) is 0 Å². The van der Waals surface area contributed by atoms with Crippen LogP contribution in [0, 0.1) is 0 Å². The number of ether oxygens (including phenoxy) is 1. The Kier molecular flexibility index (Phi) is 4.63. The van der Waals surface area contributed by atoms with Crippen molar-refractivity contribution in [3.63, 3.8) is 0 Å². The number of hydrogen-bond acceptors (Lipinski definition) is 4. The Morgan fingerprint density at radius 2 is 1.91 bits per heavy atom. The van der Waals surface area contributed by atoms with Crippen LogP contribution < -0.4 is 15.9 Å². The Morgan fingerprint density at radius 3 is 2.48 bits per heavy atom. The smallest absolute Gasteiger partial charge is 0.412 e. The van der Waals surface area contributed by atoms with Gasteiger partial charge in [0.15, 0.2) is 0 Å². The number of amides is 1. The van der Waals surface area contributed by atoms with Crippen molar-refractivity contribution in [2.24, 2.45) is 0 Å². The number of nitrogens with zero attached hydrogens (tertiary/aromatic N) is 2. The molecule has 1 fully saturated rings. The quantitative estimate of drug-likeness (QED) is 0.906. The van der Waals surface area contributed by atoms with Gasteiger partial charge in [-0.1, -0.05) is 0 Å². The van der Waals surface area contributed by atoms with Gasteiger partial charge in [-0.05, 0) is 32.9 Å². The van der Waals surface area contributed by atoms with Gasteiger partial charge in [-0.3, -0.25) is 10.1 Å². The largest absolute Gasteiger partial charge is 0.444 e. The van der Waals surface area contributed by atoms with Crippen molar-refractivity contribution in [2.45, 2.75) is 45.1 Å². The molecule has 2 rings (SSSR count). The molecule has 0 atom stereocenters. The van der Waals surface area contributed by atoms with Crippen LogP contribution in [0.15, 0.2) is 23.1 Å². The van der Waals surface area contributed by atoms with Crippen LogP contribution in [0.3, 0.4) is 0 Å². The molecule has 8 heteroatoms. The molecule has 2 heterocycles. The van der Waals surface area contributed by atoms with Crippen molar-refractivity contribution in [1.82, 2.24) is 4.68 Å². The highest BCUT2D eigenvalue weighted by atomic mass is 19.3. The first-order valence-electron chi connectivity index (χ1n) is 7.42. The number of piperidine rings is 1. The van der Waals surface area contributed by atoms with Crippen molar-refractivity contribution in [1.29, 1.82) is 0 Å². The van der Waals surface area contributed by atoms with Crippen LogP contribution in [-0.4, -0.2) is 35.4 Å². The van der Waals surface area contributed by atoms with E-state index in [9.17, 15) is 18.4 Å². The molecule has 0 unspecified atom stereocenters. The summed E-state index contributed by atoms with van der Waals surface area (Å²) in [5, 5.41) is 3.93. The number of nitrogens with one attached hydrogen (secondary N) is 1. The molecule has 128 valence electrons. The van der Waals surface area contributed by atoms with Crippen LogP contribution in [0.5, 0.6) is 0 Å². The normalized spacial score (nSPS) is 17.7. The zero-order valence-electron chi connectivity index (χ0n) is 13.4. The van der Waals surface area contributed by atoms with Crippen molar-refractivity contribution in [3.8, 4) is 0 Å². The average Bonchev–Trinajstić information content (AvgIpc) is 2.39. The van der Waals surface area contributed by atoms with Crippen LogP contribution in [0.1, 0.15) is 33.6 Å². The summed E-state index contributed by atoms with van der Waals surface area (Å²) < 4.78 is 32.8. The third-order valence-corrected chi connectivity index (χ3v) is 3.34. The predicted molar refractivity (Wildman–Crippen MR) is 82.7 cm³/mol. The summed E-state index contributed by atoms with van der Waals surface area (Å²) in [6.07, 6.45) is 0.149. The van der Waals surface area contributed by atoms with E-state index < -0.39 is 23.2 Å². The van der Waals surface area contributed by atoms with E-state index in [4.69, 9.17) is 4.74 Å². The zero-order valence-corrected chi connectivity index (χ0v) is 13.4. The number of rotatable bonds is 2. The number of halogens is 2. The molecular weight excluding hydrogens is 308 g/mol. The lowest BCUT2D eigenvalue weighted by atomic mass is 10.1. The Labute approximate surface area is 133 Å². The van der Waals surface area contributed by atoms with Crippen molar-refractivity contribution in [3.05, 3.63) is 28.7 Å². The number of carbonyl (C=O) groups excluding carboxylic acids is 1. The van der Waals surface area contributed by atoms with Gasteiger partial charge in [0.25, 0.3) is 11.5 Å². The van der Waals surface area contributed by atoms with Crippen molar-refractivity contribution >= 4 is 11.8 Å². The van der Waals surface area contributed by atoms with Gasteiger partial charge in [0, 0.05) is 32.1 Å². The molecule has 0 radical (unpaired) electrons. The molecule has 0 bridgehead atoms. The lowest BCUT2D eigenvalue weighted by Crippen LogP contribution is -2.49. The topological polar surface area (TPSA) is 63.6 Å². The van der Waals surface area contributed by atoms with E-state index >= 15 is 0 Å². The minimum absolute atomic E-state index is 0.0408. The third-order valence-electron chi connectivity index (χ3n) is 3.34. The van der Waals surface area contributed by atoms with Crippen molar-refractivity contribution in [2.75, 3.05) is 23.4 Å². The second-order valence-electron chi connectivity index (χ2n) is 6.51. The Morgan fingerprint density at radius 1 is 1.30 bits per heavy atom. The molecule has 0 saturated carbocycles. The van der Waals surface area contributed by atoms with E-state index in [2.05, 4.69) is 5.32 Å². The van der Waals surface area contributed by atoms with Gasteiger partial charge in [0.1, 0.15) is 11.3 Å². The highest BCUT2D eigenvalue weighted by Crippen LogP contribution is 2.26. The number of pyridine rings is 1. The van der Waals surface area contributed by atoms with Gasteiger partial charge in [-0.15, -0.1) is 0 Å². The number of hydrogen-bond donors (Lipinski definition) is 1. The summed E-state index contributed by atoms with van der Waals surface area (Å²) in [5.74, 6) is -2.69. The molecule has 0 spiro atoms. The standard InChI is InChI=1S/C15H21F2N3O3/c1-14(2,3)23-13(22)18-11-5-4-8-20(12(11)21)19-9-6-15(16,17)7-10-19/h4-5,8H,6-7,9-10H2,1-3H3,(H,18,22). The summed E-state index contributed by atoms with van der Waals surface area (Å²) in [4.78, 5) is 24.2. The number of anilines is 1. The lowest BCUT2D eigenvalue weighted by Gasteiger charge is -2.34. The van der Waals surface area contributed by atoms with Crippen LogP contribution >= 0.6 is 0 Å². The maximum absolute atomic E-state index is 13.2. The average molecular weight is 329 g/mol. The molecule has 6 nitrogen and oxygen atoms in total. The summed E-state index contributed by atoms with van der Waals surface area (Å²) in [5.41, 5.74) is -1.13. The fraction of sp³-hybridized carbons (Fsp3) is 0.600. The minimum atomic E-state index is -2.69. The van der Waals surface area contributed by atoms with E-state index in [1.807, 2.05) is 0 Å². The van der Waals surface area contributed by atoms with E-state index in [0.717, 1.165) is 0 Å². The zero-order chi connectivity index (χ0) is 17.3. The van der Waals surface area contributed by atoms with Crippen LogP contribution in [0.25, 0.3) is 0 Å². The molecule has 1 aliphatic rings. The summed E-state index contributed by atoms with van der Waals surface area (Å²) in [6, 6.07) is 3.02. The highest BCUT2D eigenvalue weighted by Gasteiger charge is 2.34. The molecule has 1 aliphatic heterocycles. The number of carbonyl (C=O) groups is 1. The van der Waals surface area contributed by atoms with Gasteiger partial charge < -0.3 is 9.75 Å². The Bertz CT molecular complexity index is 628. The van der Waals surface area contributed by atoms with E-state index in [1.165, 1.54) is 16.9 Å². The maximum atomic E-state index is 13.2. The van der Waals surface area contributed by atoms with E-state index in [1.54, 1.807) is 31.8 Å². The molecular formula is C15H21F2N3O3. The second-order valence-corrected chi connectivity index (χ2v) is 6.51. The molecule has 23 heavy (non-hydrogen) atoms.